The van der Waals surface area contributed by atoms with Crippen LogP contribution in [0.1, 0.15) is 49.2 Å². The first kappa shape index (κ1) is 21.4. The summed E-state index contributed by atoms with van der Waals surface area (Å²) in [6.45, 7) is 5.64. The molecule has 2 N–H and O–H groups in total. The van der Waals surface area contributed by atoms with Crippen LogP contribution in [-0.2, 0) is 4.79 Å². The number of carbonyl (C=O) groups excluding carboxylic acids is 1. The number of fused-ring (bicyclic) bond motifs is 1. The van der Waals surface area contributed by atoms with Gasteiger partial charge in [0, 0.05) is 5.39 Å². The summed E-state index contributed by atoms with van der Waals surface area (Å²) in [5.74, 6) is -1.24. The molecule has 3 rings (SSSR count). The Morgan fingerprint density at radius 2 is 1.63 bits per heavy atom. The molecule has 1 amide bonds. The molecule has 0 aliphatic rings. The van der Waals surface area contributed by atoms with Gasteiger partial charge in [-0.05, 0) is 29.9 Å². The molecule has 5 nitrogen and oxygen atoms in total. The van der Waals surface area contributed by atoms with Crippen LogP contribution in [-0.4, -0.2) is 23.0 Å². The molecule has 0 spiro atoms. The summed E-state index contributed by atoms with van der Waals surface area (Å²) in [6.07, 6.45) is 0.358. The van der Waals surface area contributed by atoms with Gasteiger partial charge < -0.3 is 15.2 Å². The quantitative estimate of drug-likeness (QED) is 0.539. The first-order valence-corrected chi connectivity index (χ1v) is 10.2. The van der Waals surface area contributed by atoms with E-state index in [1.807, 2.05) is 81.4 Å². The van der Waals surface area contributed by atoms with Crippen molar-refractivity contribution >= 4 is 22.6 Å². The number of benzene rings is 3. The Morgan fingerprint density at radius 1 is 0.967 bits per heavy atom. The molecule has 0 aromatic heterocycles. The number of nitrogens with one attached hydrogen (secondary N) is 1. The van der Waals surface area contributed by atoms with E-state index < -0.39 is 17.9 Å². The third kappa shape index (κ3) is 4.62. The van der Waals surface area contributed by atoms with Crippen molar-refractivity contribution in [3.8, 4) is 5.75 Å². The highest BCUT2D eigenvalue weighted by molar-refractivity contribution is 6.04. The molecule has 0 radical (unpaired) electrons. The van der Waals surface area contributed by atoms with Crippen molar-refractivity contribution in [1.29, 1.82) is 0 Å². The average Bonchev–Trinajstić information content (AvgIpc) is 2.77. The van der Waals surface area contributed by atoms with Crippen molar-refractivity contribution in [2.45, 2.75) is 39.3 Å². The van der Waals surface area contributed by atoms with E-state index >= 15 is 0 Å². The highest BCUT2D eigenvalue weighted by Crippen LogP contribution is 2.33. The second-order valence-electron chi connectivity index (χ2n) is 7.51. The van der Waals surface area contributed by atoms with E-state index in [1.165, 1.54) is 0 Å². The minimum Gasteiger partial charge on any atom is -0.485 e. The fourth-order valence-corrected chi connectivity index (χ4v) is 3.42. The van der Waals surface area contributed by atoms with E-state index in [-0.39, 0.29) is 12.0 Å². The Labute approximate surface area is 176 Å². The summed E-state index contributed by atoms with van der Waals surface area (Å²) in [5, 5.41) is 14.0. The summed E-state index contributed by atoms with van der Waals surface area (Å²) in [5.41, 5.74) is 1.31. The predicted octanol–water partition coefficient (Wildman–Crippen LogP) is 5.21. The number of aliphatic carboxylic acids is 1. The maximum atomic E-state index is 13.1. The molecule has 3 atom stereocenters. The van der Waals surface area contributed by atoms with Crippen molar-refractivity contribution in [3.05, 3.63) is 77.9 Å². The van der Waals surface area contributed by atoms with E-state index in [1.54, 1.807) is 6.07 Å². The summed E-state index contributed by atoms with van der Waals surface area (Å²) < 4.78 is 6.29. The number of rotatable bonds is 8. The van der Waals surface area contributed by atoms with Crippen LogP contribution < -0.4 is 10.1 Å². The molecule has 0 aliphatic heterocycles. The van der Waals surface area contributed by atoms with Crippen LogP contribution >= 0.6 is 0 Å². The molecule has 30 heavy (non-hydrogen) atoms. The lowest BCUT2D eigenvalue weighted by Gasteiger charge is -2.23. The van der Waals surface area contributed by atoms with Crippen molar-refractivity contribution < 1.29 is 19.4 Å². The molecule has 0 heterocycles. The van der Waals surface area contributed by atoms with Crippen LogP contribution in [0.15, 0.2) is 66.7 Å². The third-order valence-electron chi connectivity index (χ3n) is 5.45. The molecule has 156 valence electrons. The largest absolute Gasteiger partial charge is 0.485 e. The molecule has 0 fully saturated rings. The summed E-state index contributed by atoms with van der Waals surface area (Å²) in [7, 11) is 0. The fraction of sp³-hybridized carbons (Fsp3) is 0.280. The van der Waals surface area contributed by atoms with E-state index in [0.29, 0.717) is 17.7 Å². The lowest BCUT2D eigenvalue weighted by molar-refractivity contribution is -0.140. The predicted molar refractivity (Wildman–Crippen MR) is 118 cm³/mol. The van der Waals surface area contributed by atoms with Gasteiger partial charge in [-0.15, -0.1) is 0 Å². The van der Waals surface area contributed by atoms with Gasteiger partial charge in [-0.3, -0.25) is 4.79 Å². The second-order valence-corrected chi connectivity index (χ2v) is 7.51. The monoisotopic (exact) mass is 405 g/mol. The molecular weight excluding hydrogens is 378 g/mol. The Morgan fingerprint density at radius 3 is 2.30 bits per heavy atom. The second kappa shape index (κ2) is 9.44. The summed E-state index contributed by atoms with van der Waals surface area (Å²) in [4.78, 5) is 24.8. The molecule has 0 bridgehead atoms. The van der Waals surface area contributed by atoms with Gasteiger partial charge in [-0.1, -0.05) is 80.9 Å². The van der Waals surface area contributed by atoms with Crippen molar-refractivity contribution in [2.75, 3.05) is 0 Å². The first-order valence-electron chi connectivity index (χ1n) is 10.2. The van der Waals surface area contributed by atoms with Gasteiger partial charge >= 0.3 is 5.97 Å². The zero-order valence-electron chi connectivity index (χ0n) is 17.5. The Kier molecular flexibility index (Phi) is 6.72. The van der Waals surface area contributed by atoms with Gasteiger partial charge in [-0.25, -0.2) is 4.79 Å². The SMILES string of the molecule is CC[C@H](C)[C@H](NC(=O)c1ccc2ccccc2c1OC(C)c1ccccc1)C(=O)O. The van der Waals surface area contributed by atoms with E-state index in [0.717, 1.165) is 16.3 Å². The Balaban J connectivity index is 2.00. The number of carboxylic acid groups (broad SMARTS) is 1. The molecule has 0 saturated carbocycles. The number of carbonyl (C=O) groups is 2. The fourth-order valence-electron chi connectivity index (χ4n) is 3.42. The number of ether oxygens (including phenoxy) is 1. The van der Waals surface area contributed by atoms with Crippen molar-refractivity contribution in [1.82, 2.24) is 5.32 Å². The Bertz CT molecular complexity index is 1030. The summed E-state index contributed by atoms with van der Waals surface area (Å²) >= 11 is 0. The van der Waals surface area contributed by atoms with Gasteiger partial charge in [0.25, 0.3) is 5.91 Å². The lowest BCUT2D eigenvalue weighted by Crippen LogP contribution is -2.45. The molecule has 3 aromatic carbocycles. The van der Waals surface area contributed by atoms with E-state index in [9.17, 15) is 14.7 Å². The number of hydrogen-bond donors (Lipinski definition) is 2. The van der Waals surface area contributed by atoms with Gasteiger partial charge in [0.2, 0.25) is 0 Å². The minimum atomic E-state index is -1.04. The average molecular weight is 405 g/mol. The van der Waals surface area contributed by atoms with Gasteiger partial charge in [-0.2, -0.15) is 0 Å². The summed E-state index contributed by atoms with van der Waals surface area (Å²) in [6, 6.07) is 20.0. The van der Waals surface area contributed by atoms with Gasteiger partial charge in [0.05, 0.1) is 5.56 Å². The van der Waals surface area contributed by atoms with Crippen LogP contribution in [0.4, 0.5) is 0 Å². The first-order chi connectivity index (χ1) is 14.4. The topological polar surface area (TPSA) is 75.6 Å². The molecule has 1 unspecified atom stereocenters. The van der Waals surface area contributed by atoms with E-state index in [2.05, 4.69) is 5.32 Å². The zero-order chi connectivity index (χ0) is 21.7. The standard InChI is InChI=1S/C25H27NO4/c1-4-16(2)22(25(28)29)26-24(27)21-15-14-19-12-8-9-13-20(19)23(21)30-17(3)18-10-6-5-7-11-18/h5-17,22H,4H2,1-3H3,(H,26,27)(H,28,29)/t16-,17?,22-/m0/s1. The van der Waals surface area contributed by atoms with Crippen molar-refractivity contribution in [3.63, 3.8) is 0 Å². The molecule has 0 saturated heterocycles. The van der Waals surface area contributed by atoms with Crippen LogP contribution in [0, 0.1) is 5.92 Å². The Hall–Kier alpha value is -3.34. The molecule has 3 aromatic rings. The van der Waals surface area contributed by atoms with Gasteiger partial charge in [0.1, 0.15) is 17.9 Å². The number of hydrogen-bond acceptors (Lipinski definition) is 3. The van der Waals surface area contributed by atoms with Crippen LogP contribution in [0.5, 0.6) is 5.75 Å². The third-order valence-corrected chi connectivity index (χ3v) is 5.45. The van der Waals surface area contributed by atoms with Crippen LogP contribution in [0.25, 0.3) is 10.8 Å². The normalized spacial score (nSPS) is 14.0. The lowest BCUT2D eigenvalue weighted by atomic mass is 9.98. The molecule has 5 heteroatoms. The van der Waals surface area contributed by atoms with Crippen LogP contribution in [0.2, 0.25) is 0 Å². The van der Waals surface area contributed by atoms with Crippen LogP contribution in [0.3, 0.4) is 0 Å². The zero-order valence-corrected chi connectivity index (χ0v) is 17.5. The highest BCUT2D eigenvalue weighted by Gasteiger charge is 2.27. The molecule has 0 aliphatic carbocycles. The van der Waals surface area contributed by atoms with Crippen molar-refractivity contribution in [2.24, 2.45) is 5.92 Å². The maximum Gasteiger partial charge on any atom is 0.326 e. The van der Waals surface area contributed by atoms with E-state index in [4.69, 9.17) is 4.74 Å². The maximum absolute atomic E-state index is 13.1. The van der Waals surface area contributed by atoms with Gasteiger partial charge in [0.15, 0.2) is 0 Å². The number of carboxylic acids is 1. The molecular formula is C25H27NO4. The number of amides is 1. The minimum absolute atomic E-state index is 0.195. The highest BCUT2D eigenvalue weighted by atomic mass is 16.5. The smallest absolute Gasteiger partial charge is 0.326 e.